The number of aromatic nitrogens is 3. The van der Waals surface area contributed by atoms with Gasteiger partial charge >= 0.3 is 0 Å². The van der Waals surface area contributed by atoms with Gasteiger partial charge in [0, 0.05) is 53.9 Å². The van der Waals surface area contributed by atoms with Gasteiger partial charge in [0.15, 0.2) is 0 Å². The molecule has 2 aliphatic heterocycles. The van der Waals surface area contributed by atoms with Gasteiger partial charge in [-0.25, -0.2) is 4.98 Å². The average Bonchev–Trinajstić information content (AvgIpc) is 2.73. The number of aromatic amines is 1. The normalized spacial score (nSPS) is 23.2. The lowest BCUT2D eigenvalue weighted by atomic mass is 9.72. The molecule has 1 fully saturated rings. The summed E-state index contributed by atoms with van der Waals surface area (Å²) in [6, 6.07) is 13.9. The van der Waals surface area contributed by atoms with Crippen LogP contribution in [-0.2, 0) is 24.9 Å². The van der Waals surface area contributed by atoms with Crippen molar-refractivity contribution in [3.05, 3.63) is 85.8 Å². The Morgan fingerprint density at radius 2 is 1.91 bits per heavy atom. The zero-order valence-corrected chi connectivity index (χ0v) is 18.6. The van der Waals surface area contributed by atoms with Crippen LogP contribution in [0.5, 0.6) is 0 Å². The van der Waals surface area contributed by atoms with Crippen LogP contribution in [0.2, 0.25) is 0 Å². The van der Waals surface area contributed by atoms with Gasteiger partial charge in [-0.05, 0) is 30.4 Å². The van der Waals surface area contributed by atoms with E-state index in [9.17, 15) is 9.59 Å². The number of pyridine rings is 1. The summed E-state index contributed by atoms with van der Waals surface area (Å²) in [5.74, 6) is 1.53. The topological polar surface area (TPSA) is 71.0 Å². The predicted octanol–water partition coefficient (Wildman–Crippen LogP) is 3.05. The molecule has 1 aromatic carbocycles. The van der Waals surface area contributed by atoms with E-state index in [2.05, 4.69) is 48.0 Å². The van der Waals surface area contributed by atoms with E-state index in [4.69, 9.17) is 4.98 Å². The van der Waals surface area contributed by atoms with E-state index in [1.165, 1.54) is 5.56 Å². The fourth-order valence-corrected chi connectivity index (χ4v) is 6.22. The van der Waals surface area contributed by atoms with E-state index < -0.39 is 0 Å². The number of rotatable bonds is 2. The molecular formula is C26H28N4O2. The molecule has 1 aliphatic carbocycles. The minimum atomic E-state index is -0.248. The van der Waals surface area contributed by atoms with Gasteiger partial charge in [0.1, 0.15) is 5.82 Å². The summed E-state index contributed by atoms with van der Waals surface area (Å²) in [5.41, 5.74) is 4.95. The highest BCUT2D eigenvalue weighted by Gasteiger charge is 2.37. The number of H-pyrrole nitrogens is 1. The SMILES string of the molecule is CC1(C)Cc2ccccc2-c2nc(CN3CC4C[C@H](C3)Cn3c4cccc3=O)[nH]c(=O)c21. The highest BCUT2D eigenvalue weighted by Crippen LogP contribution is 2.40. The van der Waals surface area contributed by atoms with Gasteiger partial charge in [-0.2, -0.15) is 0 Å². The zero-order chi connectivity index (χ0) is 22.0. The summed E-state index contributed by atoms with van der Waals surface area (Å²) in [4.78, 5) is 36.0. The third kappa shape index (κ3) is 3.08. The fourth-order valence-electron chi connectivity index (χ4n) is 6.22. The summed E-state index contributed by atoms with van der Waals surface area (Å²) in [7, 11) is 0. The highest BCUT2D eigenvalue weighted by atomic mass is 16.1. The van der Waals surface area contributed by atoms with Crippen molar-refractivity contribution < 1.29 is 0 Å². The largest absolute Gasteiger partial charge is 0.312 e. The summed E-state index contributed by atoms with van der Waals surface area (Å²) in [5, 5.41) is 0. The maximum atomic E-state index is 13.2. The first-order chi connectivity index (χ1) is 15.4. The van der Waals surface area contributed by atoms with Crippen LogP contribution < -0.4 is 11.1 Å². The van der Waals surface area contributed by atoms with Crippen molar-refractivity contribution in [2.24, 2.45) is 5.92 Å². The third-order valence-electron chi connectivity index (χ3n) is 7.48. The quantitative estimate of drug-likeness (QED) is 0.681. The molecule has 0 amide bonds. The molecule has 2 bridgehead atoms. The maximum absolute atomic E-state index is 13.2. The first-order valence-electron chi connectivity index (χ1n) is 11.5. The van der Waals surface area contributed by atoms with E-state index in [0.29, 0.717) is 18.4 Å². The van der Waals surface area contributed by atoms with Crippen molar-refractivity contribution >= 4 is 0 Å². The molecule has 164 valence electrons. The minimum Gasteiger partial charge on any atom is -0.312 e. The average molecular weight is 429 g/mol. The van der Waals surface area contributed by atoms with E-state index in [1.807, 2.05) is 16.7 Å². The van der Waals surface area contributed by atoms with Crippen molar-refractivity contribution in [3.8, 4) is 11.3 Å². The number of nitrogens with one attached hydrogen (secondary N) is 1. The van der Waals surface area contributed by atoms with Crippen LogP contribution in [0.3, 0.4) is 0 Å². The monoisotopic (exact) mass is 428 g/mol. The van der Waals surface area contributed by atoms with E-state index in [0.717, 1.165) is 60.8 Å². The molecule has 0 radical (unpaired) electrons. The molecule has 3 aromatic rings. The van der Waals surface area contributed by atoms with Gasteiger partial charge in [0.05, 0.1) is 12.2 Å². The molecular weight excluding hydrogens is 400 g/mol. The van der Waals surface area contributed by atoms with Gasteiger partial charge in [0.2, 0.25) is 0 Å². The summed E-state index contributed by atoms with van der Waals surface area (Å²) in [6.07, 6.45) is 1.96. The van der Waals surface area contributed by atoms with Crippen molar-refractivity contribution in [2.75, 3.05) is 13.1 Å². The molecule has 6 nitrogen and oxygen atoms in total. The van der Waals surface area contributed by atoms with Crippen LogP contribution >= 0.6 is 0 Å². The Morgan fingerprint density at radius 3 is 2.78 bits per heavy atom. The first-order valence-corrected chi connectivity index (χ1v) is 11.5. The Labute approximate surface area is 186 Å². The Bertz CT molecular complexity index is 1340. The first kappa shape index (κ1) is 19.7. The van der Waals surface area contributed by atoms with Gasteiger partial charge < -0.3 is 9.55 Å². The number of benzene rings is 1. The molecule has 1 saturated heterocycles. The number of fused-ring (bicyclic) bond motifs is 7. The van der Waals surface area contributed by atoms with Crippen molar-refractivity contribution in [3.63, 3.8) is 0 Å². The molecule has 0 saturated carbocycles. The van der Waals surface area contributed by atoms with Gasteiger partial charge in [0.25, 0.3) is 11.1 Å². The molecule has 6 heteroatoms. The Balaban J connectivity index is 1.34. The molecule has 2 aromatic heterocycles. The second kappa shape index (κ2) is 7.01. The Morgan fingerprint density at radius 1 is 1.06 bits per heavy atom. The van der Waals surface area contributed by atoms with Crippen molar-refractivity contribution in [1.82, 2.24) is 19.4 Å². The lowest BCUT2D eigenvalue weighted by molar-refractivity contribution is 0.112. The molecule has 6 rings (SSSR count). The molecule has 32 heavy (non-hydrogen) atoms. The Kier molecular flexibility index (Phi) is 4.31. The van der Waals surface area contributed by atoms with Crippen LogP contribution in [0.15, 0.2) is 52.1 Å². The smallest absolute Gasteiger partial charge is 0.255 e. The number of nitrogens with zero attached hydrogens (tertiary/aromatic N) is 3. The fraction of sp³-hybridized carbons (Fsp3) is 0.423. The second-order valence-corrected chi connectivity index (χ2v) is 10.3. The molecule has 1 N–H and O–H groups in total. The van der Waals surface area contributed by atoms with E-state index in [1.54, 1.807) is 6.07 Å². The zero-order valence-electron chi connectivity index (χ0n) is 18.6. The standard InChI is InChI=1S/C26H28N4O2/c1-26(2)11-17-6-3-4-7-19(17)24-23(26)25(32)28-21(27-24)15-29-12-16-10-18(14-29)20-8-5-9-22(31)30(20)13-16/h3-9,16,18H,10-15H2,1-2H3,(H,27,28,32)/t16-,18?/m1/s1. The molecule has 3 aliphatic rings. The number of hydrogen-bond donors (Lipinski definition) is 1. The third-order valence-corrected chi connectivity index (χ3v) is 7.48. The molecule has 2 atom stereocenters. The lowest BCUT2D eigenvalue weighted by Crippen LogP contribution is -2.47. The highest BCUT2D eigenvalue weighted by molar-refractivity contribution is 5.71. The molecule has 1 unspecified atom stereocenters. The number of piperidine rings is 1. The van der Waals surface area contributed by atoms with Crippen LogP contribution in [-0.4, -0.2) is 32.5 Å². The lowest BCUT2D eigenvalue weighted by Gasteiger charge is -2.42. The van der Waals surface area contributed by atoms with Gasteiger partial charge in [-0.3, -0.25) is 14.5 Å². The summed E-state index contributed by atoms with van der Waals surface area (Å²) in [6.45, 7) is 7.45. The number of likely N-dealkylation sites (tertiary alicyclic amines) is 1. The van der Waals surface area contributed by atoms with Crippen LogP contribution in [0, 0.1) is 5.92 Å². The second-order valence-electron chi connectivity index (χ2n) is 10.3. The summed E-state index contributed by atoms with van der Waals surface area (Å²) < 4.78 is 1.95. The Hall–Kier alpha value is -2.99. The minimum absolute atomic E-state index is 0.0152. The van der Waals surface area contributed by atoms with Crippen molar-refractivity contribution in [2.45, 2.75) is 51.1 Å². The van der Waals surface area contributed by atoms with Gasteiger partial charge in [-0.1, -0.05) is 44.2 Å². The predicted molar refractivity (Wildman–Crippen MR) is 124 cm³/mol. The maximum Gasteiger partial charge on any atom is 0.255 e. The van der Waals surface area contributed by atoms with E-state index >= 15 is 0 Å². The van der Waals surface area contributed by atoms with E-state index in [-0.39, 0.29) is 16.5 Å². The van der Waals surface area contributed by atoms with Crippen molar-refractivity contribution in [1.29, 1.82) is 0 Å². The molecule has 0 spiro atoms. The van der Waals surface area contributed by atoms with Crippen LogP contribution in [0.4, 0.5) is 0 Å². The molecule has 4 heterocycles. The van der Waals surface area contributed by atoms with Crippen LogP contribution in [0.25, 0.3) is 11.3 Å². The summed E-state index contributed by atoms with van der Waals surface area (Å²) >= 11 is 0. The van der Waals surface area contributed by atoms with Crippen LogP contribution in [0.1, 0.15) is 48.8 Å². The number of hydrogen-bond acceptors (Lipinski definition) is 4. The van der Waals surface area contributed by atoms with Gasteiger partial charge in [-0.15, -0.1) is 0 Å².